The monoisotopic (exact) mass is 319 g/mol. The number of benzene rings is 1. The molecule has 0 saturated carbocycles. The molecule has 1 unspecified atom stereocenters. The van der Waals surface area contributed by atoms with Crippen LogP contribution in [0.25, 0.3) is 6.08 Å². The smallest absolute Gasteiger partial charge is 0.310 e. The second-order valence-electron chi connectivity index (χ2n) is 5.62. The van der Waals surface area contributed by atoms with E-state index in [1.165, 1.54) is 13.2 Å². The Hall–Kier alpha value is -2.30. The fourth-order valence-corrected chi connectivity index (χ4v) is 2.13. The Bertz CT molecular complexity index is 566. The minimum absolute atomic E-state index is 0.00966. The average molecular weight is 319 g/mol. The van der Waals surface area contributed by atoms with E-state index < -0.39 is 0 Å². The van der Waals surface area contributed by atoms with Crippen molar-refractivity contribution < 1.29 is 19.1 Å². The standard InChI is InChI=1S/C18H25NO4/c1-13(2)19(12-14(3)18(21)23-5)17(20)10-9-15-7-6-8-16(11-15)22-4/h6-11,13-14H,12H2,1-5H3/b10-9+. The molecule has 5 nitrogen and oxygen atoms in total. The quantitative estimate of drug-likeness (QED) is 0.573. The SMILES string of the molecule is COC(=O)C(C)CN(C(=O)/C=C/c1cccc(OC)c1)C(C)C. The maximum atomic E-state index is 12.4. The number of carbonyl (C=O) groups excluding carboxylic acids is 2. The molecular formula is C18H25NO4. The third kappa shape index (κ3) is 5.77. The summed E-state index contributed by atoms with van der Waals surface area (Å²) in [6.45, 7) is 5.91. The van der Waals surface area contributed by atoms with Gasteiger partial charge in [-0.2, -0.15) is 0 Å². The lowest BCUT2D eigenvalue weighted by atomic mass is 10.1. The number of nitrogens with zero attached hydrogens (tertiary/aromatic N) is 1. The first-order valence-electron chi connectivity index (χ1n) is 7.59. The molecule has 1 amide bonds. The van der Waals surface area contributed by atoms with Gasteiger partial charge in [-0.15, -0.1) is 0 Å². The molecule has 1 aromatic carbocycles. The van der Waals surface area contributed by atoms with Crippen molar-refractivity contribution in [2.24, 2.45) is 5.92 Å². The van der Waals surface area contributed by atoms with Crippen LogP contribution in [0.5, 0.6) is 5.75 Å². The molecule has 0 fully saturated rings. The maximum absolute atomic E-state index is 12.4. The molecule has 0 aliphatic heterocycles. The molecule has 1 aromatic rings. The van der Waals surface area contributed by atoms with Gasteiger partial charge in [0.05, 0.1) is 20.1 Å². The van der Waals surface area contributed by atoms with Gasteiger partial charge in [0.2, 0.25) is 5.91 Å². The molecule has 0 aromatic heterocycles. The Balaban J connectivity index is 2.81. The average Bonchev–Trinajstić information content (AvgIpc) is 2.56. The highest BCUT2D eigenvalue weighted by molar-refractivity contribution is 5.92. The minimum Gasteiger partial charge on any atom is -0.497 e. The molecule has 0 aliphatic carbocycles. The second-order valence-corrected chi connectivity index (χ2v) is 5.62. The molecule has 1 rings (SSSR count). The molecule has 5 heteroatoms. The zero-order chi connectivity index (χ0) is 17.4. The summed E-state index contributed by atoms with van der Waals surface area (Å²) in [6.07, 6.45) is 3.25. The van der Waals surface area contributed by atoms with Crippen molar-refractivity contribution >= 4 is 18.0 Å². The highest BCUT2D eigenvalue weighted by atomic mass is 16.5. The van der Waals surface area contributed by atoms with Gasteiger partial charge in [0, 0.05) is 18.7 Å². The Morgan fingerprint density at radius 1 is 1.22 bits per heavy atom. The number of hydrogen-bond acceptors (Lipinski definition) is 4. The van der Waals surface area contributed by atoms with Gasteiger partial charge in [0.15, 0.2) is 0 Å². The summed E-state index contributed by atoms with van der Waals surface area (Å²) in [5.41, 5.74) is 0.877. The van der Waals surface area contributed by atoms with Crippen LogP contribution in [0, 0.1) is 5.92 Å². The third-order valence-electron chi connectivity index (χ3n) is 3.49. The van der Waals surface area contributed by atoms with E-state index in [2.05, 4.69) is 0 Å². The van der Waals surface area contributed by atoms with Crippen LogP contribution in [0.2, 0.25) is 0 Å². The normalized spacial score (nSPS) is 12.3. The van der Waals surface area contributed by atoms with Gasteiger partial charge in [-0.05, 0) is 37.6 Å². The fraction of sp³-hybridized carbons (Fsp3) is 0.444. The third-order valence-corrected chi connectivity index (χ3v) is 3.49. The Morgan fingerprint density at radius 3 is 2.48 bits per heavy atom. The van der Waals surface area contributed by atoms with Gasteiger partial charge in [0.25, 0.3) is 0 Å². The lowest BCUT2D eigenvalue weighted by Gasteiger charge is -2.27. The first-order valence-corrected chi connectivity index (χ1v) is 7.59. The van der Waals surface area contributed by atoms with Crippen molar-refractivity contribution in [1.82, 2.24) is 4.90 Å². The summed E-state index contributed by atoms with van der Waals surface area (Å²) < 4.78 is 9.88. The van der Waals surface area contributed by atoms with Crippen molar-refractivity contribution in [1.29, 1.82) is 0 Å². The molecule has 0 heterocycles. The summed E-state index contributed by atoms with van der Waals surface area (Å²) >= 11 is 0. The molecule has 0 radical (unpaired) electrons. The molecule has 0 N–H and O–H groups in total. The van der Waals surface area contributed by atoms with Gasteiger partial charge < -0.3 is 14.4 Å². The van der Waals surface area contributed by atoms with E-state index in [-0.39, 0.29) is 23.8 Å². The predicted molar refractivity (Wildman–Crippen MR) is 90.1 cm³/mol. The number of methoxy groups -OCH3 is 2. The molecule has 23 heavy (non-hydrogen) atoms. The van der Waals surface area contributed by atoms with E-state index in [1.807, 2.05) is 38.1 Å². The van der Waals surface area contributed by atoms with E-state index in [0.717, 1.165) is 11.3 Å². The van der Waals surface area contributed by atoms with E-state index >= 15 is 0 Å². The molecule has 0 spiro atoms. The van der Waals surface area contributed by atoms with Gasteiger partial charge in [-0.3, -0.25) is 9.59 Å². The molecule has 0 aliphatic rings. The summed E-state index contributed by atoms with van der Waals surface area (Å²) in [5.74, 6) is -0.0880. The van der Waals surface area contributed by atoms with Crippen LogP contribution < -0.4 is 4.74 Å². The maximum Gasteiger partial charge on any atom is 0.310 e. The minimum atomic E-state index is -0.364. The number of esters is 1. The van der Waals surface area contributed by atoms with Crippen LogP contribution >= 0.6 is 0 Å². The number of carbonyl (C=O) groups is 2. The van der Waals surface area contributed by atoms with Crippen LogP contribution in [0.15, 0.2) is 30.3 Å². The van der Waals surface area contributed by atoms with Crippen LogP contribution in [-0.4, -0.2) is 43.6 Å². The van der Waals surface area contributed by atoms with E-state index in [1.54, 1.807) is 25.0 Å². The number of ether oxygens (including phenoxy) is 2. The van der Waals surface area contributed by atoms with Crippen molar-refractivity contribution in [2.75, 3.05) is 20.8 Å². The highest BCUT2D eigenvalue weighted by Gasteiger charge is 2.22. The van der Waals surface area contributed by atoms with Crippen LogP contribution in [0.4, 0.5) is 0 Å². The zero-order valence-electron chi connectivity index (χ0n) is 14.4. The van der Waals surface area contributed by atoms with E-state index in [0.29, 0.717) is 6.54 Å². The Morgan fingerprint density at radius 2 is 1.91 bits per heavy atom. The summed E-state index contributed by atoms with van der Waals surface area (Å²) in [7, 11) is 2.95. The lowest BCUT2D eigenvalue weighted by Crippen LogP contribution is -2.40. The number of hydrogen-bond donors (Lipinski definition) is 0. The lowest BCUT2D eigenvalue weighted by molar-refractivity contribution is -0.146. The van der Waals surface area contributed by atoms with E-state index in [9.17, 15) is 9.59 Å². The van der Waals surface area contributed by atoms with Crippen LogP contribution in [-0.2, 0) is 14.3 Å². The second kappa shape index (κ2) is 8.98. The Labute approximate surface area is 137 Å². The predicted octanol–water partition coefficient (Wildman–Crippen LogP) is 2.75. The largest absolute Gasteiger partial charge is 0.497 e. The van der Waals surface area contributed by atoms with Gasteiger partial charge in [-0.25, -0.2) is 0 Å². The highest BCUT2D eigenvalue weighted by Crippen LogP contribution is 2.14. The molecule has 1 atom stereocenters. The first-order chi connectivity index (χ1) is 10.9. The van der Waals surface area contributed by atoms with Crippen LogP contribution in [0.3, 0.4) is 0 Å². The summed E-state index contributed by atoms with van der Waals surface area (Å²) in [4.78, 5) is 25.6. The van der Waals surface area contributed by atoms with Crippen molar-refractivity contribution in [2.45, 2.75) is 26.8 Å². The van der Waals surface area contributed by atoms with Crippen LogP contribution in [0.1, 0.15) is 26.3 Å². The molecular weight excluding hydrogens is 294 g/mol. The number of rotatable bonds is 7. The first kappa shape index (κ1) is 18.7. The summed E-state index contributed by atoms with van der Waals surface area (Å²) in [5, 5.41) is 0. The molecule has 0 saturated heterocycles. The van der Waals surface area contributed by atoms with Crippen molar-refractivity contribution in [3.8, 4) is 5.75 Å². The molecule has 126 valence electrons. The Kier molecular flexibility index (Phi) is 7.32. The molecule has 0 bridgehead atoms. The topological polar surface area (TPSA) is 55.8 Å². The van der Waals surface area contributed by atoms with Gasteiger partial charge >= 0.3 is 5.97 Å². The van der Waals surface area contributed by atoms with Gasteiger partial charge in [0.1, 0.15) is 5.75 Å². The van der Waals surface area contributed by atoms with Gasteiger partial charge in [-0.1, -0.05) is 19.1 Å². The summed E-state index contributed by atoms with van der Waals surface area (Å²) in [6, 6.07) is 7.44. The number of amides is 1. The fourth-order valence-electron chi connectivity index (χ4n) is 2.13. The van der Waals surface area contributed by atoms with Crippen molar-refractivity contribution in [3.05, 3.63) is 35.9 Å². The zero-order valence-corrected chi connectivity index (χ0v) is 14.4. The van der Waals surface area contributed by atoms with E-state index in [4.69, 9.17) is 9.47 Å². The van der Waals surface area contributed by atoms with Crippen molar-refractivity contribution in [3.63, 3.8) is 0 Å².